The Morgan fingerprint density at radius 3 is 1.23 bits per heavy atom. The van der Waals surface area contributed by atoms with Crippen LogP contribution in [-0.2, 0) is 14.4 Å². The molecular formula is C39H55N3O6. The van der Waals surface area contributed by atoms with Crippen molar-refractivity contribution >= 4 is 17.9 Å². The van der Waals surface area contributed by atoms with E-state index in [0.29, 0.717) is 25.0 Å². The molecule has 3 heterocycles. The average molecular weight is 662 g/mol. The average Bonchev–Trinajstić information content (AvgIpc) is 3.42. The van der Waals surface area contributed by atoms with Crippen LogP contribution in [0.1, 0.15) is 102 Å². The third kappa shape index (κ3) is 7.63. The zero-order valence-electron chi connectivity index (χ0n) is 30.8. The molecule has 3 aliphatic heterocycles. The smallest absolute Gasteiger partial charge is 0.316 e. The lowest BCUT2D eigenvalue weighted by molar-refractivity contribution is -0.143. The Balaban J connectivity index is 1.40. The van der Waals surface area contributed by atoms with Gasteiger partial charge in [-0.3, -0.25) is 14.4 Å². The largest absolute Gasteiger partial charge is 0.426 e. The summed E-state index contributed by atoms with van der Waals surface area (Å²) in [6, 6.07) is 12.5. The van der Waals surface area contributed by atoms with Crippen LogP contribution < -0.4 is 30.2 Å². The van der Waals surface area contributed by atoms with Crippen LogP contribution in [0.2, 0.25) is 0 Å². The molecule has 3 saturated heterocycles. The molecule has 262 valence electrons. The number of nitrogens with one attached hydrogen (secondary N) is 3. The highest BCUT2D eigenvalue weighted by Gasteiger charge is 2.51. The molecule has 3 N–H and O–H groups in total. The maximum atomic E-state index is 13.7. The van der Waals surface area contributed by atoms with Gasteiger partial charge in [-0.25, -0.2) is 0 Å². The molecule has 0 aliphatic carbocycles. The molecule has 3 aliphatic rings. The molecule has 0 aromatic heterocycles. The van der Waals surface area contributed by atoms with Crippen LogP contribution in [0.25, 0.3) is 11.1 Å². The first-order valence-corrected chi connectivity index (χ1v) is 17.2. The van der Waals surface area contributed by atoms with Crippen molar-refractivity contribution in [2.45, 2.75) is 136 Å². The maximum absolute atomic E-state index is 13.7. The Morgan fingerprint density at radius 2 is 0.854 bits per heavy atom. The molecule has 3 fully saturated rings. The van der Waals surface area contributed by atoms with Gasteiger partial charge in [0.15, 0.2) is 11.5 Å². The molecule has 48 heavy (non-hydrogen) atoms. The monoisotopic (exact) mass is 661 g/mol. The van der Waals surface area contributed by atoms with Gasteiger partial charge in [0.25, 0.3) is 0 Å². The minimum absolute atomic E-state index is 0.153. The van der Waals surface area contributed by atoms with Crippen molar-refractivity contribution in [2.75, 3.05) is 0 Å². The molecule has 5 rings (SSSR count). The zero-order valence-corrected chi connectivity index (χ0v) is 30.8. The Labute approximate surface area is 286 Å². The minimum atomic E-state index is -0.479. The van der Waals surface area contributed by atoms with Crippen LogP contribution in [-0.4, -0.2) is 51.1 Å². The van der Waals surface area contributed by atoms with E-state index in [0.717, 1.165) is 11.1 Å². The van der Waals surface area contributed by atoms with Crippen molar-refractivity contribution in [2.24, 2.45) is 17.8 Å². The van der Waals surface area contributed by atoms with Crippen LogP contribution in [0, 0.1) is 17.8 Å². The van der Waals surface area contributed by atoms with Crippen molar-refractivity contribution < 1.29 is 28.6 Å². The van der Waals surface area contributed by atoms with Crippen LogP contribution in [0.3, 0.4) is 0 Å². The molecule has 9 nitrogen and oxygen atoms in total. The molecule has 0 saturated carbocycles. The van der Waals surface area contributed by atoms with E-state index in [1.807, 2.05) is 59.7 Å². The molecule has 0 bridgehead atoms. The second-order valence-corrected chi connectivity index (χ2v) is 17.9. The quantitative estimate of drug-likeness (QED) is 0.224. The fraction of sp³-hybridized carbons (Fsp3) is 0.615. The number of carbonyl (C=O) groups excluding carboxylic acids is 3. The van der Waals surface area contributed by atoms with Gasteiger partial charge in [-0.15, -0.1) is 0 Å². The van der Waals surface area contributed by atoms with Gasteiger partial charge in [-0.05, 0) is 138 Å². The van der Waals surface area contributed by atoms with Gasteiger partial charge in [0.2, 0.25) is 0 Å². The Bertz CT molecular complexity index is 1590. The topological polar surface area (TPSA) is 115 Å². The molecule has 3 atom stereocenters. The number of hydrogen-bond donors (Lipinski definition) is 3. The highest BCUT2D eigenvalue weighted by atomic mass is 16.6. The highest BCUT2D eigenvalue weighted by Crippen LogP contribution is 2.42. The summed E-state index contributed by atoms with van der Waals surface area (Å²) >= 11 is 0. The Hall–Kier alpha value is -3.27. The number of benzene rings is 2. The molecular weight excluding hydrogens is 606 g/mol. The van der Waals surface area contributed by atoms with E-state index in [4.69, 9.17) is 14.2 Å². The lowest BCUT2D eigenvalue weighted by Gasteiger charge is -2.28. The molecule has 2 aromatic rings. The van der Waals surface area contributed by atoms with E-state index in [1.54, 1.807) is 24.3 Å². The summed E-state index contributed by atoms with van der Waals surface area (Å²) in [6.07, 6.45) is 1.91. The predicted molar refractivity (Wildman–Crippen MR) is 187 cm³/mol. The number of hydrogen-bond acceptors (Lipinski definition) is 9. The van der Waals surface area contributed by atoms with E-state index in [9.17, 15) is 14.4 Å². The van der Waals surface area contributed by atoms with Crippen molar-refractivity contribution in [1.82, 2.24) is 16.0 Å². The maximum Gasteiger partial charge on any atom is 0.316 e. The third-order valence-electron chi connectivity index (χ3n) is 10.4. The zero-order chi connectivity index (χ0) is 35.7. The van der Waals surface area contributed by atoms with Crippen LogP contribution in [0.4, 0.5) is 0 Å². The lowest BCUT2D eigenvalue weighted by Crippen LogP contribution is -2.47. The van der Waals surface area contributed by atoms with Gasteiger partial charge in [0, 0.05) is 33.2 Å². The predicted octanol–water partition coefficient (Wildman–Crippen LogP) is 6.57. The fourth-order valence-electron chi connectivity index (χ4n) is 8.57. The summed E-state index contributed by atoms with van der Waals surface area (Å²) in [6.45, 7) is 24.5. The van der Waals surface area contributed by atoms with Gasteiger partial charge in [-0.1, -0.05) is 18.2 Å². The summed E-state index contributed by atoms with van der Waals surface area (Å²) in [5.74, 6) is -1.25. The molecule has 0 amide bonds. The summed E-state index contributed by atoms with van der Waals surface area (Å²) in [5.41, 5.74) is -0.349. The summed E-state index contributed by atoms with van der Waals surface area (Å²) in [7, 11) is 0. The van der Waals surface area contributed by atoms with Gasteiger partial charge in [0.1, 0.15) is 5.75 Å². The van der Waals surface area contributed by atoms with E-state index in [1.165, 1.54) is 0 Å². The van der Waals surface area contributed by atoms with Crippen LogP contribution in [0.15, 0.2) is 42.5 Å². The van der Waals surface area contributed by atoms with Crippen LogP contribution in [0.5, 0.6) is 17.2 Å². The van der Waals surface area contributed by atoms with Crippen molar-refractivity contribution in [1.29, 1.82) is 0 Å². The van der Waals surface area contributed by atoms with Crippen LogP contribution >= 0.6 is 0 Å². The first-order chi connectivity index (χ1) is 21.9. The second kappa shape index (κ2) is 12.0. The van der Waals surface area contributed by atoms with Crippen molar-refractivity contribution in [3.8, 4) is 28.4 Å². The summed E-state index contributed by atoms with van der Waals surface area (Å²) < 4.78 is 17.9. The number of esters is 3. The Morgan fingerprint density at radius 1 is 0.500 bits per heavy atom. The standard InChI is InChI=1S/C39H55N3O6/c1-34(2)20-26(37(7,8)40-34)31(43)46-25-16-13-23(14-17-25)24-15-18-29(47-32(44)27-21-35(3,4)41-38(27,9)10)30(19-24)48-33(45)28-22-36(5,6)42-39(28,11)12/h13-19,26-28,40-42H,20-22H2,1-12H3. The normalized spacial score (nSPS) is 27.3. The fourth-order valence-corrected chi connectivity index (χ4v) is 8.57. The van der Waals surface area contributed by atoms with Gasteiger partial charge in [0.05, 0.1) is 17.8 Å². The lowest BCUT2D eigenvalue weighted by atomic mass is 9.87. The molecule has 9 heteroatoms. The first-order valence-electron chi connectivity index (χ1n) is 17.2. The SMILES string of the molecule is CC1(C)CC(C(=O)Oc2ccc(-c3ccc(OC(=O)C4CC(C)(C)NC4(C)C)c(OC(=O)C4CC(C)(C)NC4(C)C)c3)cc2)C(C)(C)N1. The van der Waals surface area contributed by atoms with Gasteiger partial charge >= 0.3 is 17.9 Å². The summed E-state index contributed by atoms with van der Waals surface area (Å²) in [4.78, 5) is 40.5. The molecule has 0 spiro atoms. The molecule has 0 radical (unpaired) electrons. The van der Waals surface area contributed by atoms with Gasteiger partial charge in [-0.2, -0.15) is 0 Å². The number of carbonyl (C=O) groups is 3. The Kier molecular flexibility index (Phi) is 8.97. The first kappa shape index (κ1) is 36.0. The van der Waals surface area contributed by atoms with Gasteiger partial charge < -0.3 is 30.2 Å². The van der Waals surface area contributed by atoms with Crippen molar-refractivity contribution in [3.05, 3.63) is 42.5 Å². The minimum Gasteiger partial charge on any atom is -0.426 e. The molecule has 3 unspecified atom stereocenters. The van der Waals surface area contributed by atoms with E-state index in [-0.39, 0.29) is 63.4 Å². The van der Waals surface area contributed by atoms with Crippen molar-refractivity contribution in [3.63, 3.8) is 0 Å². The number of rotatable bonds is 7. The van der Waals surface area contributed by atoms with E-state index < -0.39 is 17.0 Å². The molecule has 2 aromatic carbocycles. The van der Waals surface area contributed by atoms with E-state index in [2.05, 4.69) is 57.5 Å². The number of ether oxygens (including phenoxy) is 3. The third-order valence-corrected chi connectivity index (χ3v) is 10.4. The summed E-state index contributed by atoms with van der Waals surface area (Å²) in [5, 5.41) is 10.6. The second-order valence-electron chi connectivity index (χ2n) is 17.9. The highest BCUT2D eigenvalue weighted by molar-refractivity contribution is 5.82. The van der Waals surface area contributed by atoms with E-state index >= 15 is 0 Å².